The zero-order chi connectivity index (χ0) is 11.5. The van der Waals surface area contributed by atoms with Crippen molar-refractivity contribution >= 4 is 0 Å². The molecule has 0 radical (unpaired) electrons. The molecule has 1 unspecified atom stereocenters. The number of rotatable bonds is 3. The van der Waals surface area contributed by atoms with E-state index < -0.39 is 0 Å². The Bertz CT molecular complexity index is 460. The highest BCUT2D eigenvalue weighted by Crippen LogP contribution is 2.27. The van der Waals surface area contributed by atoms with Crippen molar-refractivity contribution in [2.45, 2.75) is 13.0 Å². The van der Waals surface area contributed by atoms with Crippen molar-refractivity contribution in [3.8, 4) is 16.9 Å². The second-order valence-electron chi connectivity index (χ2n) is 3.63. The van der Waals surface area contributed by atoms with Crippen LogP contribution in [0.5, 0.6) is 5.75 Å². The predicted octanol–water partition coefficient (Wildman–Crippen LogP) is 2.37. The van der Waals surface area contributed by atoms with Crippen molar-refractivity contribution in [3.05, 3.63) is 36.2 Å². The normalized spacial score (nSPS) is 12.4. The molecule has 1 atom stereocenters. The molecule has 0 saturated carbocycles. The van der Waals surface area contributed by atoms with Crippen LogP contribution in [0.4, 0.5) is 0 Å². The van der Waals surface area contributed by atoms with Gasteiger partial charge in [-0.25, -0.2) is 0 Å². The molecule has 0 aliphatic rings. The lowest BCUT2D eigenvalue weighted by atomic mass is 10.0. The zero-order valence-electron chi connectivity index (χ0n) is 9.31. The Morgan fingerprint density at radius 3 is 2.56 bits per heavy atom. The number of aromatic nitrogens is 1. The third kappa shape index (κ3) is 1.92. The Kier molecular flexibility index (Phi) is 2.92. The number of hydrogen-bond acceptors (Lipinski definition) is 4. The van der Waals surface area contributed by atoms with Crippen molar-refractivity contribution in [3.63, 3.8) is 0 Å². The summed E-state index contributed by atoms with van der Waals surface area (Å²) in [6.45, 7) is 1.88. The van der Waals surface area contributed by atoms with Gasteiger partial charge in [0.25, 0.3) is 0 Å². The van der Waals surface area contributed by atoms with E-state index in [2.05, 4.69) is 5.16 Å². The zero-order valence-corrected chi connectivity index (χ0v) is 9.31. The molecule has 0 fully saturated rings. The molecule has 1 aromatic heterocycles. The van der Waals surface area contributed by atoms with Crippen molar-refractivity contribution in [1.29, 1.82) is 0 Å². The largest absolute Gasteiger partial charge is 0.497 e. The van der Waals surface area contributed by atoms with Crippen LogP contribution in [-0.2, 0) is 0 Å². The first-order valence-electron chi connectivity index (χ1n) is 5.06. The maximum absolute atomic E-state index is 5.81. The lowest BCUT2D eigenvalue weighted by Crippen LogP contribution is -2.06. The van der Waals surface area contributed by atoms with E-state index in [1.807, 2.05) is 31.2 Å². The summed E-state index contributed by atoms with van der Waals surface area (Å²) in [4.78, 5) is 0. The molecule has 4 heteroatoms. The Hall–Kier alpha value is -1.81. The van der Waals surface area contributed by atoms with Crippen LogP contribution >= 0.6 is 0 Å². The van der Waals surface area contributed by atoms with E-state index in [-0.39, 0.29) is 6.04 Å². The van der Waals surface area contributed by atoms with E-state index in [0.717, 1.165) is 22.6 Å². The Morgan fingerprint density at radius 2 is 2.00 bits per heavy atom. The van der Waals surface area contributed by atoms with Crippen LogP contribution in [0, 0.1) is 0 Å². The molecule has 0 aliphatic carbocycles. The van der Waals surface area contributed by atoms with Crippen molar-refractivity contribution in [1.82, 2.24) is 5.16 Å². The van der Waals surface area contributed by atoms with Crippen LogP contribution < -0.4 is 10.5 Å². The average Bonchev–Trinajstić information content (AvgIpc) is 2.78. The van der Waals surface area contributed by atoms with Crippen LogP contribution in [0.1, 0.15) is 18.7 Å². The lowest BCUT2D eigenvalue weighted by molar-refractivity contribution is 0.407. The first kappa shape index (κ1) is 10.7. The van der Waals surface area contributed by atoms with Crippen LogP contribution in [0.2, 0.25) is 0 Å². The summed E-state index contributed by atoms with van der Waals surface area (Å²) in [6.07, 6.45) is 1.61. The molecule has 0 spiro atoms. The second kappa shape index (κ2) is 4.37. The summed E-state index contributed by atoms with van der Waals surface area (Å²) >= 11 is 0. The van der Waals surface area contributed by atoms with Crippen LogP contribution in [0.25, 0.3) is 11.1 Å². The quantitative estimate of drug-likeness (QED) is 0.859. The fraction of sp³-hybridized carbons (Fsp3) is 0.250. The fourth-order valence-electron chi connectivity index (χ4n) is 1.56. The lowest BCUT2D eigenvalue weighted by Gasteiger charge is -2.05. The summed E-state index contributed by atoms with van der Waals surface area (Å²) in [6, 6.07) is 7.56. The number of ether oxygens (including phenoxy) is 1. The molecule has 0 saturated heterocycles. The summed E-state index contributed by atoms with van der Waals surface area (Å²) in [5.41, 5.74) is 8.52. The molecule has 1 aromatic carbocycles. The van der Waals surface area contributed by atoms with Crippen molar-refractivity contribution in [2.24, 2.45) is 5.73 Å². The van der Waals surface area contributed by atoms with Gasteiger partial charge >= 0.3 is 0 Å². The van der Waals surface area contributed by atoms with Gasteiger partial charge in [-0.2, -0.15) is 0 Å². The van der Waals surface area contributed by atoms with Gasteiger partial charge < -0.3 is 15.0 Å². The number of benzene rings is 1. The predicted molar refractivity (Wildman–Crippen MR) is 61.1 cm³/mol. The van der Waals surface area contributed by atoms with E-state index in [9.17, 15) is 0 Å². The van der Waals surface area contributed by atoms with E-state index in [4.69, 9.17) is 15.0 Å². The summed E-state index contributed by atoms with van der Waals surface area (Å²) in [5.74, 6) is 0.822. The van der Waals surface area contributed by atoms with Crippen molar-refractivity contribution < 1.29 is 9.26 Å². The highest BCUT2D eigenvalue weighted by Gasteiger charge is 2.13. The molecule has 0 aliphatic heterocycles. The highest BCUT2D eigenvalue weighted by molar-refractivity contribution is 5.65. The third-order valence-corrected chi connectivity index (χ3v) is 2.43. The van der Waals surface area contributed by atoms with E-state index >= 15 is 0 Å². The maximum Gasteiger partial charge on any atom is 0.131 e. The molecule has 1 heterocycles. The monoisotopic (exact) mass is 218 g/mol. The minimum atomic E-state index is -0.143. The summed E-state index contributed by atoms with van der Waals surface area (Å²) in [7, 11) is 1.64. The molecule has 0 bridgehead atoms. The number of nitrogens with zero attached hydrogens (tertiary/aromatic N) is 1. The summed E-state index contributed by atoms with van der Waals surface area (Å²) in [5, 5.41) is 3.90. The van der Waals surface area contributed by atoms with E-state index in [1.165, 1.54) is 0 Å². The van der Waals surface area contributed by atoms with Crippen LogP contribution in [-0.4, -0.2) is 12.3 Å². The third-order valence-electron chi connectivity index (χ3n) is 2.43. The van der Waals surface area contributed by atoms with Gasteiger partial charge in [0.15, 0.2) is 0 Å². The van der Waals surface area contributed by atoms with Gasteiger partial charge in [0.1, 0.15) is 17.7 Å². The van der Waals surface area contributed by atoms with E-state index in [1.54, 1.807) is 13.4 Å². The fourth-order valence-corrected chi connectivity index (χ4v) is 1.56. The molecule has 2 rings (SSSR count). The van der Waals surface area contributed by atoms with Crippen molar-refractivity contribution in [2.75, 3.05) is 7.11 Å². The molecule has 2 aromatic rings. The first-order chi connectivity index (χ1) is 7.72. The molecule has 4 nitrogen and oxygen atoms in total. The Balaban J connectivity index is 2.38. The molecule has 84 valence electrons. The van der Waals surface area contributed by atoms with Gasteiger partial charge in [0, 0.05) is 11.6 Å². The molecular formula is C12H14N2O2. The van der Waals surface area contributed by atoms with Gasteiger partial charge in [-0.3, -0.25) is 0 Å². The van der Waals surface area contributed by atoms with Gasteiger partial charge in [-0.1, -0.05) is 17.3 Å². The van der Waals surface area contributed by atoms with Gasteiger partial charge in [-0.15, -0.1) is 0 Å². The Labute approximate surface area is 94.0 Å². The van der Waals surface area contributed by atoms with E-state index in [0.29, 0.717) is 0 Å². The second-order valence-corrected chi connectivity index (χ2v) is 3.63. The summed E-state index contributed by atoms with van der Waals surface area (Å²) < 4.78 is 10.1. The SMILES string of the molecule is COc1ccc(-c2conc2C(C)N)cc1. The Morgan fingerprint density at radius 1 is 1.31 bits per heavy atom. The first-order valence-corrected chi connectivity index (χ1v) is 5.06. The minimum Gasteiger partial charge on any atom is -0.497 e. The number of nitrogens with two attached hydrogens (primary N) is 1. The highest BCUT2D eigenvalue weighted by atomic mass is 16.5. The standard InChI is InChI=1S/C12H14N2O2/c1-8(13)12-11(7-16-14-12)9-3-5-10(15-2)6-4-9/h3-8H,13H2,1-2H3. The van der Waals surface area contributed by atoms with Gasteiger partial charge in [-0.05, 0) is 24.6 Å². The average molecular weight is 218 g/mol. The molecule has 16 heavy (non-hydrogen) atoms. The molecule has 0 amide bonds. The minimum absolute atomic E-state index is 0.143. The maximum atomic E-state index is 5.81. The van der Waals surface area contributed by atoms with Crippen LogP contribution in [0.15, 0.2) is 35.1 Å². The molecule has 2 N–H and O–H groups in total. The van der Waals surface area contributed by atoms with Gasteiger partial charge in [0.05, 0.1) is 7.11 Å². The number of hydrogen-bond donors (Lipinski definition) is 1. The van der Waals surface area contributed by atoms with Gasteiger partial charge in [0.2, 0.25) is 0 Å². The smallest absolute Gasteiger partial charge is 0.131 e. The molecular weight excluding hydrogens is 204 g/mol. The number of methoxy groups -OCH3 is 1. The van der Waals surface area contributed by atoms with Crippen LogP contribution in [0.3, 0.4) is 0 Å². The topological polar surface area (TPSA) is 61.3 Å².